The average Bonchev–Trinajstić information content (AvgIpc) is 3.28. The van der Waals surface area contributed by atoms with Gasteiger partial charge in [0.2, 0.25) is 5.91 Å². The number of alkyl carbamates (subject to hydrolysis) is 1. The lowest BCUT2D eigenvalue weighted by Gasteiger charge is -2.30. The molecule has 3 aromatic rings. The fourth-order valence-corrected chi connectivity index (χ4v) is 5.02. The van der Waals surface area contributed by atoms with Gasteiger partial charge in [0.15, 0.2) is 0 Å². The van der Waals surface area contributed by atoms with Crippen LogP contribution in [0.4, 0.5) is 4.79 Å². The Balaban J connectivity index is 1.48. The van der Waals surface area contributed by atoms with Crippen LogP contribution in [0, 0.1) is 5.92 Å². The molecule has 0 fully saturated rings. The summed E-state index contributed by atoms with van der Waals surface area (Å²) in [6.07, 6.45) is -0.00939. The molecule has 1 unspecified atom stereocenters. The largest absolute Gasteiger partial charge is 0.465 e. The van der Waals surface area contributed by atoms with Gasteiger partial charge in [-0.1, -0.05) is 99.1 Å². The standard InChI is InChI=1S/C32H36N2O5/c1-4-22(3)30(31(36)34(20-29(35)38-5-2)19-23-13-7-6-8-14-23)33-32(37)39-21-28-26-17-11-9-15-24(26)25-16-10-12-18-27(25)28/h6-18,22,28,30H,4-5,19-21H2,1-3H3,(H,33,37)/t22?,30-/m0/s1. The van der Waals surface area contributed by atoms with E-state index in [1.807, 2.05) is 68.4 Å². The van der Waals surface area contributed by atoms with E-state index < -0.39 is 18.1 Å². The number of amides is 2. The number of carbonyl (C=O) groups excluding carboxylic acids is 3. The van der Waals surface area contributed by atoms with E-state index >= 15 is 0 Å². The van der Waals surface area contributed by atoms with Gasteiger partial charge in [0.1, 0.15) is 19.2 Å². The Morgan fingerprint density at radius 3 is 2.03 bits per heavy atom. The van der Waals surface area contributed by atoms with Crippen LogP contribution < -0.4 is 5.32 Å². The van der Waals surface area contributed by atoms with Gasteiger partial charge in [-0.3, -0.25) is 9.59 Å². The second-order valence-corrected chi connectivity index (χ2v) is 9.82. The molecule has 0 heterocycles. The molecule has 1 N–H and O–H groups in total. The van der Waals surface area contributed by atoms with Crippen molar-refractivity contribution in [3.8, 4) is 11.1 Å². The first-order valence-electron chi connectivity index (χ1n) is 13.5. The van der Waals surface area contributed by atoms with Gasteiger partial charge >= 0.3 is 12.1 Å². The zero-order chi connectivity index (χ0) is 27.8. The number of nitrogens with zero attached hydrogens (tertiary/aromatic N) is 1. The molecule has 0 bridgehead atoms. The molecule has 1 aliphatic carbocycles. The van der Waals surface area contributed by atoms with Crippen LogP contribution >= 0.6 is 0 Å². The van der Waals surface area contributed by atoms with Crippen molar-refractivity contribution < 1.29 is 23.9 Å². The molecule has 0 aromatic heterocycles. The van der Waals surface area contributed by atoms with Gasteiger partial charge in [0.25, 0.3) is 0 Å². The van der Waals surface area contributed by atoms with Crippen molar-refractivity contribution in [3.05, 3.63) is 95.6 Å². The van der Waals surface area contributed by atoms with Crippen molar-refractivity contribution in [3.63, 3.8) is 0 Å². The summed E-state index contributed by atoms with van der Waals surface area (Å²) in [4.78, 5) is 40.6. The first-order chi connectivity index (χ1) is 18.9. The summed E-state index contributed by atoms with van der Waals surface area (Å²) in [6.45, 7) is 5.96. The van der Waals surface area contributed by atoms with Crippen molar-refractivity contribution in [2.24, 2.45) is 5.92 Å². The summed E-state index contributed by atoms with van der Waals surface area (Å²) >= 11 is 0. The van der Waals surface area contributed by atoms with Crippen molar-refractivity contribution in [2.45, 2.75) is 45.7 Å². The molecule has 7 heteroatoms. The molecule has 0 saturated heterocycles. The first-order valence-corrected chi connectivity index (χ1v) is 13.5. The fourth-order valence-electron chi connectivity index (χ4n) is 5.02. The second kappa shape index (κ2) is 13.1. The smallest absolute Gasteiger partial charge is 0.407 e. The Morgan fingerprint density at radius 2 is 1.44 bits per heavy atom. The summed E-state index contributed by atoms with van der Waals surface area (Å²) in [5, 5.41) is 2.81. The van der Waals surface area contributed by atoms with E-state index in [2.05, 4.69) is 29.6 Å². The molecular formula is C32H36N2O5. The van der Waals surface area contributed by atoms with Crippen LogP contribution in [0.1, 0.15) is 49.8 Å². The molecule has 0 aliphatic heterocycles. The number of benzene rings is 3. The van der Waals surface area contributed by atoms with Crippen molar-refractivity contribution in [1.82, 2.24) is 10.2 Å². The Bertz CT molecular complexity index is 1250. The number of carbonyl (C=O) groups is 3. The summed E-state index contributed by atoms with van der Waals surface area (Å²) < 4.78 is 10.8. The van der Waals surface area contributed by atoms with E-state index in [9.17, 15) is 14.4 Å². The summed E-state index contributed by atoms with van der Waals surface area (Å²) in [5.74, 6) is -1.11. The SMILES string of the molecule is CCOC(=O)CN(Cc1ccccc1)C(=O)[C@@H](NC(=O)OCC1c2ccccc2-c2ccccc21)C(C)CC. The third-order valence-electron chi connectivity index (χ3n) is 7.25. The second-order valence-electron chi connectivity index (χ2n) is 9.82. The number of nitrogens with one attached hydrogen (secondary N) is 1. The van der Waals surface area contributed by atoms with Crippen molar-refractivity contribution in [2.75, 3.05) is 19.8 Å². The maximum absolute atomic E-state index is 13.8. The molecule has 0 spiro atoms. The number of rotatable bonds is 11. The molecule has 2 amide bonds. The molecule has 4 rings (SSSR count). The van der Waals surface area contributed by atoms with Crippen LogP contribution in [0.5, 0.6) is 0 Å². The van der Waals surface area contributed by atoms with E-state index in [1.165, 1.54) is 4.90 Å². The maximum atomic E-state index is 13.8. The first kappa shape index (κ1) is 27.9. The normalized spacial score (nSPS) is 13.5. The van der Waals surface area contributed by atoms with Gasteiger partial charge in [0, 0.05) is 12.5 Å². The highest BCUT2D eigenvalue weighted by atomic mass is 16.5. The molecular weight excluding hydrogens is 492 g/mol. The molecule has 0 saturated carbocycles. The fraction of sp³-hybridized carbons (Fsp3) is 0.344. The Morgan fingerprint density at radius 1 is 0.846 bits per heavy atom. The zero-order valence-corrected chi connectivity index (χ0v) is 22.8. The van der Waals surface area contributed by atoms with E-state index in [4.69, 9.17) is 9.47 Å². The van der Waals surface area contributed by atoms with E-state index in [0.29, 0.717) is 6.42 Å². The maximum Gasteiger partial charge on any atom is 0.407 e. The third-order valence-corrected chi connectivity index (χ3v) is 7.25. The predicted octanol–water partition coefficient (Wildman–Crippen LogP) is 5.53. The van der Waals surface area contributed by atoms with E-state index in [-0.39, 0.29) is 44.0 Å². The highest BCUT2D eigenvalue weighted by Crippen LogP contribution is 2.44. The van der Waals surface area contributed by atoms with Crippen LogP contribution in [0.2, 0.25) is 0 Å². The van der Waals surface area contributed by atoms with Gasteiger partial charge in [-0.2, -0.15) is 0 Å². The van der Waals surface area contributed by atoms with Crippen LogP contribution in [-0.2, 0) is 25.6 Å². The number of hydrogen-bond acceptors (Lipinski definition) is 5. The highest BCUT2D eigenvalue weighted by Gasteiger charge is 2.33. The number of hydrogen-bond donors (Lipinski definition) is 1. The lowest BCUT2D eigenvalue weighted by atomic mass is 9.97. The summed E-state index contributed by atoms with van der Waals surface area (Å²) in [7, 11) is 0. The van der Waals surface area contributed by atoms with E-state index in [1.54, 1.807) is 6.92 Å². The van der Waals surface area contributed by atoms with Gasteiger partial charge in [-0.05, 0) is 40.7 Å². The minimum absolute atomic E-state index is 0.0840. The molecule has 2 atom stereocenters. The molecule has 3 aromatic carbocycles. The molecule has 204 valence electrons. The quantitative estimate of drug-likeness (QED) is 0.331. The molecule has 39 heavy (non-hydrogen) atoms. The topological polar surface area (TPSA) is 84.9 Å². The van der Waals surface area contributed by atoms with Crippen LogP contribution in [-0.4, -0.2) is 48.7 Å². The van der Waals surface area contributed by atoms with Gasteiger partial charge in [0.05, 0.1) is 6.61 Å². The molecule has 1 aliphatic rings. The van der Waals surface area contributed by atoms with Crippen LogP contribution in [0.3, 0.4) is 0 Å². The summed E-state index contributed by atoms with van der Waals surface area (Å²) in [5.41, 5.74) is 5.39. The number of fused-ring (bicyclic) bond motifs is 3. The minimum Gasteiger partial charge on any atom is -0.465 e. The predicted molar refractivity (Wildman–Crippen MR) is 150 cm³/mol. The van der Waals surface area contributed by atoms with E-state index in [0.717, 1.165) is 27.8 Å². The highest BCUT2D eigenvalue weighted by molar-refractivity contribution is 5.88. The molecule has 7 nitrogen and oxygen atoms in total. The zero-order valence-electron chi connectivity index (χ0n) is 22.8. The van der Waals surface area contributed by atoms with Crippen molar-refractivity contribution >= 4 is 18.0 Å². The van der Waals surface area contributed by atoms with Crippen LogP contribution in [0.25, 0.3) is 11.1 Å². The monoisotopic (exact) mass is 528 g/mol. The van der Waals surface area contributed by atoms with Gasteiger partial charge in [-0.15, -0.1) is 0 Å². The van der Waals surface area contributed by atoms with Crippen molar-refractivity contribution in [1.29, 1.82) is 0 Å². The van der Waals surface area contributed by atoms with Crippen LogP contribution in [0.15, 0.2) is 78.9 Å². The third kappa shape index (κ3) is 6.66. The average molecular weight is 529 g/mol. The van der Waals surface area contributed by atoms with Gasteiger partial charge in [-0.25, -0.2) is 4.79 Å². The number of esters is 1. The summed E-state index contributed by atoms with van der Waals surface area (Å²) in [6, 6.07) is 24.8. The number of ether oxygens (including phenoxy) is 2. The lowest BCUT2D eigenvalue weighted by Crippen LogP contribution is -2.52. The lowest BCUT2D eigenvalue weighted by molar-refractivity contribution is -0.150. The Labute approximate surface area is 230 Å². The Kier molecular flexibility index (Phi) is 9.36. The minimum atomic E-state index is -0.858. The molecule has 0 radical (unpaired) electrons. The van der Waals surface area contributed by atoms with Gasteiger partial charge < -0.3 is 19.7 Å². The Hall–Kier alpha value is -4.13.